The molecule has 0 atom stereocenters. The van der Waals surface area contributed by atoms with Crippen molar-refractivity contribution in [1.82, 2.24) is 9.97 Å². The highest BCUT2D eigenvalue weighted by molar-refractivity contribution is 9.10. The summed E-state index contributed by atoms with van der Waals surface area (Å²) in [6, 6.07) is 6.46. The zero-order valence-electron chi connectivity index (χ0n) is 11.7. The van der Waals surface area contributed by atoms with Gasteiger partial charge in [-0.1, -0.05) is 11.6 Å². The van der Waals surface area contributed by atoms with Gasteiger partial charge >= 0.3 is 0 Å². The van der Waals surface area contributed by atoms with E-state index in [1.54, 1.807) is 0 Å². The number of halogens is 2. The van der Waals surface area contributed by atoms with Crippen molar-refractivity contribution in [1.29, 1.82) is 0 Å². The van der Waals surface area contributed by atoms with Crippen LogP contribution in [0.1, 0.15) is 30.0 Å². The normalized spacial score (nSPS) is 17.2. The Morgan fingerprint density at radius 2 is 2.10 bits per heavy atom. The molecule has 2 heterocycles. The van der Waals surface area contributed by atoms with Crippen LogP contribution in [0.5, 0.6) is 0 Å². The topological polar surface area (TPSA) is 29.0 Å². The summed E-state index contributed by atoms with van der Waals surface area (Å²) in [5, 5.41) is 0.513. The summed E-state index contributed by atoms with van der Waals surface area (Å²) in [4.78, 5) is 11.5. The Morgan fingerprint density at radius 1 is 1.29 bits per heavy atom. The molecule has 4 rings (SSSR count). The summed E-state index contributed by atoms with van der Waals surface area (Å²) in [6.07, 6.45) is 3.47. The minimum absolute atomic E-state index is 0.513. The first-order valence-electron chi connectivity index (χ1n) is 7.21. The molecule has 1 aromatic carbocycles. The fourth-order valence-corrected chi connectivity index (χ4v) is 3.58. The van der Waals surface area contributed by atoms with Crippen molar-refractivity contribution >= 4 is 33.2 Å². The Morgan fingerprint density at radius 3 is 2.86 bits per heavy atom. The van der Waals surface area contributed by atoms with Gasteiger partial charge in [-0.15, -0.1) is 0 Å². The molecule has 1 aromatic heterocycles. The van der Waals surface area contributed by atoms with Crippen LogP contribution in [-0.4, -0.2) is 23.6 Å². The zero-order chi connectivity index (χ0) is 14.6. The van der Waals surface area contributed by atoms with Crippen LogP contribution < -0.4 is 4.90 Å². The third-order valence-electron chi connectivity index (χ3n) is 4.27. The summed E-state index contributed by atoms with van der Waals surface area (Å²) in [7, 11) is 2.13. The summed E-state index contributed by atoms with van der Waals surface area (Å²) < 4.78 is 0.858. The summed E-state index contributed by atoms with van der Waals surface area (Å²) in [5.74, 6) is 1.28. The predicted octanol–water partition coefficient (Wildman–Crippen LogP) is 4.43. The minimum Gasteiger partial charge on any atom is -0.374 e. The van der Waals surface area contributed by atoms with Crippen LogP contribution in [0.2, 0.25) is 5.15 Å². The highest BCUT2D eigenvalue weighted by Gasteiger charge is 2.29. The van der Waals surface area contributed by atoms with E-state index in [0.29, 0.717) is 11.1 Å². The van der Waals surface area contributed by atoms with Crippen LogP contribution in [0, 0.1) is 0 Å². The van der Waals surface area contributed by atoms with Crippen molar-refractivity contribution in [3.63, 3.8) is 0 Å². The second kappa shape index (κ2) is 4.96. The van der Waals surface area contributed by atoms with E-state index in [1.807, 2.05) is 0 Å². The second-order valence-corrected chi connectivity index (χ2v) is 6.98. The van der Waals surface area contributed by atoms with Gasteiger partial charge in [0.1, 0.15) is 5.15 Å². The Bertz CT molecular complexity index is 728. The van der Waals surface area contributed by atoms with Crippen LogP contribution in [0.3, 0.4) is 0 Å². The van der Waals surface area contributed by atoms with Crippen molar-refractivity contribution in [2.45, 2.75) is 25.2 Å². The third kappa shape index (κ3) is 2.34. The molecule has 1 aliphatic heterocycles. The number of anilines is 1. The lowest BCUT2D eigenvalue weighted by Crippen LogP contribution is -2.12. The Balaban J connectivity index is 1.80. The molecule has 0 spiro atoms. The van der Waals surface area contributed by atoms with Crippen LogP contribution >= 0.6 is 27.5 Å². The summed E-state index contributed by atoms with van der Waals surface area (Å²) in [6.45, 7) is 1.08. The van der Waals surface area contributed by atoms with Crippen LogP contribution in [0.4, 0.5) is 5.69 Å². The first kappa shape index (κ1) is 13.5. The molecule has 3 nitrogen and oxygen atoms in total. The fourth-order valence-electron chi connectivity index (χ4n) is 2.90. The van der Waals surface area contributed by atoms with Crippen molar-refractivity contribution in [2.24, 2.45) is 0 Å². The van der Waals surface area contributed by atoms with E-state index in [0.717, 1.165) is 34.5 Å². The lowest BCUT2D eigenvalue weighted by atomic mass is 10.1. The fraction of sp³-hybridized carbons (Fsp3) is 0.375. The number of nitrogens with zero attached hydrogens (tertiary/aromatic N) is 3. The standard InChI is InChI=1S/C16H15BrClN3/c1-21-7-6-10-8-11(4-5-12(10)21)16-19-14(9-2-3-9)13(17)15(18)20-16/h4-5,8-9H,2-3,6-7H2,1H3. The maximum atomic E-state index is 6.27. The molecule has 0 saturated heterocycles. The monoisotopic (exact) mass is 363 g/mol. The van der Waals surface area contributed by atoms with Gasteiger partial charge in [-0.05, 0) is 59.0 Å². The van der Waals surface area contributed by atoms with Gasteiger partial charge in [-0.3, -0.25) is 0 Å². The SMILES string of the molecule is CN1CCc2cc(-c3nc(Cl)c(Br)c(C4CC4)n3)ccc21. The van der Waals surface area contributed by atoms with Crippen molar-refractivity contribution < 1.29 is 0 Å². The van der Waals surface area contributed by atoms with Gasteiger partial charge in [0.25, 0.3) is 0 Å². The maximum Gasteiger partial charge on any atom is 0.161 e. The molecule has 21 heavy (non-hydrogen) atoms. The summed E-state index contributed by atoms with van der Waals surface area (Å²) >= 11 is 9.80. The smallest absolute Gasteiger partial charge is 0.161 e. The first-order valence-corrected chi connectivity index (χ1v) is 8.38. The second-order valence-electron chi connectivity index (χ2n) is 5.83. The number of hydrogen-bond acceptors (Lipinski definition) is 3. The quantitative estimate of drug-likeness (QED) is 0.738. The number of hydrogen-bond donors (Lipinski definition) is 0. The van der Waals surface area contributed by atoms with E-state index in [1.165, 1.54) is 24.1 Å². The summed E-state index contributed by atoms with van der Waals surface area (Å²) in [5.41, 5.74) is 4.79. The van der Waals surface area contributed by atoms with Gasteiger partial charge in [-0.25, -0.2) is 9.97 Å². The molecular weight excluding hydrogens is 350 g/mol. The van der Waals surface area contributed by atoms with E-state index in [9.17, 15) is 0 Å². The number of likely N-dealkylation sites (N-methyl/N-ethyl adjacent to an activating group) is 1. The van der Waals surface area contributed by atoms with Gasteiger partial charge in [-0.2, -0.15) is 0 Å². The van der Waals surface area contributed by atoms with Gasteiger partial charge in [0, 0.05) is 30.8 Å². The molecule has 1 saturated carbocycles. The number of aromatic nitrogens is 2. The van der Waals surface area contributed by atoms with E-state index < -0.39 is 0 Å². The average molecular weight is 365 g/mol. The molecule has 0 amide bonds. The van der Waals surface area contributed by atoms with Crippen LogP contribution in [-0.2, 0) is 6.42 Å². The number of benzene rings is 1. The van der Waals surface area contributed by atoms with Crippen molar-refractivity contribution in [3.05, 3.63) is 39.1 Å². The lowest BCUT2D eigenvalue weighted by molar-refractivity contribution is 0.956. The van der Waals surface area contributed by atoms with E-state index >= 15 is 0 Å². The van der Waals surface area contributed by atoms with Gasteiger partial charge in [0.05, 0.1) is 10.2 Å². The van der Waals surface area contributed by atoms with Crippen LogP contribution in [0.25, 0.3) is 11.4 Å². The highest BCUT2D eigenvalue weighted by Crippen LogP contribution is 2.44. The van der Waals surface area contributed by atoms with Crippen molar-refractivity contribution in [3.8, 4) is 11.4 Å². The Hall–Kier alpha value is -1.13. The van der Waals surface area contributed by atoms with Gasteiger partial charge in [0.2, 0.25) is 0 Å². The highest BCUT2D eigenvalue weighted by atomic mass is 79.9. The first-order chi connectivity index (χ1) is 10.1. The number of fused-ring (bicyclic) bond motifs is 1. The molecule has 2 aromatic rings. The lowest BCUT2D eigenvalue weighted by Gasteiger charge is -2.12. The Kier molecular flexibility index (Phi) is 3.19. The van der Waals surface area contributed by atoms with E-state index in [-0.39, 0.29) is 0 Å². The maximum absolute atomic E-state index is 6.27. The largest absolute Gasteiger partial charge is 0.374 e. The predicted molar refractivity (Wildman–Crippen MR) is 89.1 cm³/mol. The molecular formula is C16H15BrClN3. The number of rotatable bonds is 2. The molecule has 0 N–H and O–H groups in total. The molecule has 108 valence electrons. The molecule has 0 bridgehead atoms. The molecule has 1 aliphatic carbocycles. The third-order valence-corrected chi connectivity index (χ3v) is 5.55. The van der Waals surface area contributed by atoms with E-state index in [4.69, 9.17) is 16.6 Å². The molecule has 1 fully saturated rings. The minimum atomic E-state index is 0.513. The average Bonchev–Trinajstić information content (AvgIpc) is 3.26. The van der Waals surface area contributed by atoms with Crippen LogP contribution in [0.15, 0.2) is 22.7 Å². The van der Waals surface area contributed by atoms with E-state index in [2.05, 4.69) is 51.1 Å². The molecule has 0 unspecified atom stereocenters. The van der Waals surface area contributed by atoms with Crippen molar-refractivity contribution in [2.75, 3.05) is 18.5 Å². The van der Waals surface area contributed by atoms with Gasteiger partial charge < -0.3 is 4.90 Å². The molecule has 2 aliphatic rings. The Labute approximate surface area is 137 Å². The van der Waals surface area contributed by atoms with Gasteiger partial charge in [0.15, 0.2) is 5.82 Å². The zero-order valence-corrected chi connectivity index (χ0v) is 14.1. The molecule has 0 radical (unpaired) electrons. The molecule has 5 heteroatoms.